The first kappa shape index (κ1) is 16.8. The molecule has 1 amide bonds. The van der Waals surface area contributed by atoms with E-state index in [9.17, 15) is 15.0 Å². The number of amides is 1. The number of para-hydroxylation sites is 1. The van der Waals surface area contributed by atoms with E-state index in [2.05, 4.69) is 15.2 Å². The summed E-state index contributed by atoms with van der Waals surface area (Å²) in [5.41, 5.74) is 2.98. The Labute approximate surface area is 145 Å². The molecule has 0 atom stereocenters. The second kappa shape index (κ2) is 6.82. The number of fused-ring (bicyclic) bond motifs is 1. The summed E-state index contributed by atoms with van der Waals surface area (Å²) in [4.78, 5) is 18.1. The monoisotopic (exact) mass is 338 g/mol. The lowest BCUT2D eigenvalue weighted by molar-refractivity contribution is -0.112. The van der Waals surface area contributed by atoms with Crippen molar-refractivity contribution in [3.8, 4) is 5.75 Å². The maximum absolute atomic E-state index is 12.5. The number of rotatable bonds is 4. The Hall–Kier alpha value is -3.06. The van der Waals surface area contributed by atoms with Crippen molar-refractivity contribution in [2.75, 3.05) is 11.4 Å². The molecule has 0 unspecified atom stereocenters. The molecular weight excluding hydrogens is 320 g/mol. The van der Waals surface area contributed by atoms with E-state index < -0.39 is 0 Å². The molecule has 0 spiro atoms. The molecule has 1 aliphatic rings. The van der Waals surface area contributed by atoms with Gasteiger partial charge in [0.05, 0.1) is 24.2 Å². The van der Waals surface area contributed by atoms with Gasteiger partial charge in [-0.2, -0.15) is 5.10 Å². The smallest absolute Gasteiger partial charge is 0.279 e. The van der Waals surface area contributed by atoms with Crippen LogP contribution in [-0.2, 0) is 11.4 Å². The fourth-order valence-electron chi connectivity index (χ4n) is 2.74. The number of carbonyl (C=O) groups excluding carboxylic acids is 1. The van der Waals surface area contributed by atoms with E-state index in [-0.39, 0.29) is 24.0 Å². The largest absolute Gasteiger partial charge is 0.505 e. The lowest BCUT2D eigenvalue weighted by Gasteiger charge is -2.12. The molecule has 1 aromatic heterocycles. The van der Waals surface area contributed by atoms with Crippen LogP contribution in [0.25, 0.3) is 0 Å². The van der Waals surface area contributed by atoms with Gasteiger partial charge in [-0.1, -0.05) is 18.2 Å². The summed E-state index contributed by atoms with van der Waals surface area (Å²) in [5, 5.41) is 27.5. The third-order valence-corrected chi connectivity index (χ3v) is 4.09. The van der Waals surface area contributed by atoms with Crippen LogP contribution >= 0.6 is 0 Å². The number of aromatic nitrogens is 1. The topological polar surface area (TPSA) is 98.4 Å². The molecule has 7 nitrogen and oxygen atoms in total. The summed E-state index contributed by atoms with van der Waals surface area (Å²) >= 11 is 0. The summed E-state index contributed by atoms with van der Waals surface area (Å²) < 4.78 is 0. The van der Waals surface area contributed by atoms with Crippen LogP contribution in [0.4, 0.5) is 5.69 Å². The molecule has 3 rings (SSSR count). The number of benzene rings is 1. The molecule has 1 aliphatic heterocycles. The van der Waals surface area contributed by atoms with Crippen LogP contribution in [0.3, 0.4) is 0 Å². The number of aryl methyl sites for hydroxylation is 1. The van der Waals surface area contributed by atoms with Gasteiger partial charge in [0.15, 0.2) is 5.71 Å². The Kier molecular flexibility index (Phi) is 4.58. The average molecular weight is 338 g/mol. The number of hydrogen-bond acceptors (Lipinski definition) is 6. The SMILES string of the molecule is CCN1C(=O)/C(=N/N=C/c2c(CO)cnc(C)c2O)c2ccccc21. The van der Waals surface area contributed by atoms with Crippen LogP contribution in [0.5, 0.6) is 5.75 Å². The lowest BCUT2D eigenvalue weighted by atomic mass is 10.1. The zero-order chi connectivity index (χ0) is 18.0. The molecule has 2 N–H and O–H groups in total. The summed E-state index contributed by atoms with van der Waals surface area (Å²) in [7, 11) is 0. The van der Waals surface area contributed by atoms with Gasteiger partial charge in [0.1, 0.15) is 5.75 Å². The minimum absolute atomic E-state index is 0.0659. The second-order valence-corrected chi connectivity index (χ2v) is 5.55. The first-order valence-corrected chi connectivity index (χ1v) is 7.89. The van der Waals surface area contributed by atoms with Gasteiger partial charge in [0, 0.05) is 29.4 Å². The van der Waals surface area contributed by atoms with E-state index >= 15 is 0 Å². The molecule has 128 valence electrons. The van der Waals surface area contributed by atoms with Crippen LogP contribution in [-0.4, -0.2) is 39.6 Å². The van der Waals surface area contributed by atoms with Crippen molar-refractivity contribution in [1.82, 2.24) is 4.98 Å². The third kappa shape index (κ3) is 2.89. The molecule has 1 aromatic carbocycles. The molecular formula is C18H18N4O3. The Bertz CT molecular complexity index is 890. The minimum Gasteiger partial charge on any atom is -0.505 e. The molecule has 7 heteroatoms. The van der Waals surface area contributed by atoms with Gasteiger partial charge < -0.3 is 15.1 Å². The molecule has 25 heavy (non-hydrogen) atoms. The van der Waals surface area contributed by atoms with E-state index in [1.165, 1.54) is 12.4 Å². The van der Waals surface area contributed by atoms with Crippen molar-refractivity contribution in [1.29, 1.82) is 0 Å². The Morgan fingerprint density at radius 2 is 2.08 bits per heavy atom. The van der Waals surface area contributed by atoms with Crippen LogP contribution in [0.15, 0.2) is 40.7 Å². The van der Waals surface area contributed by atoms with E-state index in [1.54, 1.807) is 11.8 Å². The van der Waals surface area contributed by atoms with Crippen LogP contribution in [0.1, 0.15) is 29.3 Å². The van der Waals surface area contributed by atoms with Gasteiger partial charge >= 0.3 is 0 Å². The summed E-state index contributed by atoms with van der Waals surface area (Å²) in [5.74, 6) is -0.276. The van der Waals surface area contributed by atoms with Crippen molar-refractivity contribution in [2.24, 2.45) is 10.2 Å². The number of anilines is 1. The summed E-state index contributed by atoms with van der Waals surface area (Å²) in [6.07, 6.45) is 2.80. The van der Waals surface area contributed by atoms with E-state index in [0.29, 0.717) is 23.4 Å². The highest BCUT2D eigenvalue weighted by atomic mass is 16.3. The van der Waals surface area contributed by atoms with E-state index in [4.69, 9.17) is 0 Å². The molecule has 0 saturated carbocycles. The second-order valence-electron chi connectivity index (χ2n) is 5.55. The number of aliphatic hydroxyl groups is 1. The Balaban J connectivity index is 1.99. The predicted octanol–water partition coefficient (Wildman–Crippen LogP) is 1.78. The van der Waals surface area contributed by atoms with Crippen LogP contribution in [0, 0.1) is 6.92 Å². The average Bonchev–Trinajstić information content (AvgIpc) is 2.90. The summed E-state index contributed by atoms with van der Waals surface area (Å²) in [6.45, 7) is 3.80. The van der Waals surface area contributed by atoms with E-state index in [1.807, 2.05) is 31.2 Å². The molecule has 0 fully saturated rings. The molecule has 2 heterocycles. The first-order chi connectivity index (χ1) is 12.1. The van der Waals surface area contributed by atoms with Gasteiger partial charge in [-0.05, 0) is 19.9 Å². The zero-order valence-corrected chi connectivity index (χ0v) is 14.0. The van der Waals surface area contributed by atoms with Crippen molar-refractivity contribution in [3.63, 3.8) is 0 Å². The fourth-order valence-corrected chi connectivity index (χ4v) is 2.74. The van der Waals surface area contributed by atoms with Crippen molar-refractivity contribution < 1.29 is 15.0 Å². The highest BCUT2D eigenvalue weighted by Crippen LogP contribution is 2.29. The Morgan fingerprint density at radius 1 is 1.32 bits per heavy atom. The molecule has 0 aliphatic carbocycles. The van der Waals surface area contributed by atoms with Crippen LogP contribution in [0.2, 0.25) is 0 Å². The van der Waals surface area contributed by atoms with Gasteiger partial charge in [0.2, 0.25) is 0 Å². The van der Waals surface area contributed by atoms with Gasteiger partial charge in [-0.15, -0.1) is 5.10 Å². The number of hydrogen-bond donors (Lipinski definition) is 2. The third-order valence-electron chi connectivity index (χ3n) is 4.09. The van der Waals surface area contributed by atoms with E-state index in [0.717, 1.165) is 11.3 Å². The van der Waals surface area contributed by atoms with Crippen molar-refractivity contribution in [3.05, 3.63) is 52.8 Å². The summed E-state index contributed by atoms with van der Waals surface area (Å²) in [6, 6.07) is 7.40. The van der Waals surface area contributed by atoms with Gasteiger partial charge in [-0.25, -0.2) is 0 Å². The normalized spacial score (nSPS) is 15.4. The zero-order valence-electron chi connectivity index (χ0n) is 14.0. The number of likely N-dealkylation sites (N-methyl/N-ethyl adjacent to an activating group) is 1. The number of nitrogens with zero attached hydrogens (tertiary/aromatic N) is 4. The molecule has 0 bridgehead atoms. The quantitative estimate of drug-likeness (QED) is 0.656. The predicted molar refractivity (Wildman–Crippen MR) is 95.2 cm³/mol. The number of pyridine rings is 1. The highest BCUT2D eigenvalue weighted by molar-refractivity contribution is 6.54. The lowest BCUT2D eigenvalue weighted by Crippen LogP contribution is -2.29. The fraction of sp³-hybridized carbons (Fsp3) is 0.222. The number of aromatic hydroxyl groups is 1. The van der Waals surface area contributed by atoms with Gasteiger partial charge in [0.25, 0.3) is 5.91 Å². The first-order valence-electron chi connectivity index (χ1n) is 7.89. The minimum atomic E-state index is -0.288. The maximum Gasteiger partial charge on any atom is 0.279 e. The number of aliphatic hydroxyl groups excluding tert-OH is 1. The molecule has 2 aromatic rings. The maximum atomic E-state index is 12.5. The molecule has 0 radical (unpaired) electrons. The molecule has 0 saturated heterocycles. The van der Waals surface area contributed by atoms with Gasteiger partial charge in [-0.3, -0.25) is 9.78 Å². The van der Waals surface area contributed by atoms with Crippen molar-refractivity contribution >= 4 is 23.5 Å². The standard InChI is InChI=1S/C18H18N4O3/c1-3-22-15-7-5-4-6-13(15)16(18(22)25)21-20-9-14-12(10-23)8-19-11(2)17(14)24/h4-9,23-24H,3,10H2,1-2H3/b20-9+,21-16+. The van der Waals surface area contributed by atoms with Crippen molar-refractivity contribution in [2.45, 2.75) is 20.5 Å². The van der Waals surface area contributed by atoms with Crippen LogP contribution < -0.4 is 4.90 Å². The number of carbonyl (C=O) groups is 1. The highest BCUT2D eigenvalue weighted by Gasteiger charge is 2.32. The Morgan fingerprint density at radius 3 is 2.80 bits per heavy atom.